The number of nitro benzene ring substituents is 1. The smallest absolute Gasteiger partial charge is 0.281 e. The number of aldehydes is 1. The molecule has 0 saturated heterocycles. The molecule has 0 heterocycles. The fourth-order valence-electron chi connectivity index (χ4n) is 0.802. The molecule has 1 rings (SSSR count). The molecule has 0 aliphatic heterocycles. The maximum Gasteiger partial charge on any atom is 0.281 e. The first kappa shape index (κ1) is 8.67. The second kappa shape index (κ2) is 3.32. The Morgan fingerprint density at radius 2 is 2.17 bits per heavy atom. The zero-order valence-electron chi connectivity index (χ0n) is 5.86. The summed E-state index contributed by atoms with van der Waals surface area (Å²) in [7, 11) is 0. The average Bonchev–Trinajstić information content (AvgIpc) is 2.03. The summed E-state index contributed by atoms with van der Waals surface area (Å²) in [5.74, 6) is 0. The third-order valence-electron chi connectivity index (χ3n) is 1.34. The zero-order chi connectivity index (χ0) is 9.14. The fourth-order valence-corrected chi connectivity index (χ4v) is 1.02. The molecule has 0 spiro atoms. The van der Waals surface area contributed by atoms with Crippen LogP contribution in [0.15, 0.2) is 18.2 Å². The lowest BCUT2D eigenvalue weighted by Gasteiger charge is -1.96. The topological polar surface area (TPSA) is 60.2 Å². The molecule has 0 fully saturated rings. The summed E-state index contributed by atoms with van der Waals surface area (Å²) in [5, 5.41) is 10.4. The second-order valence-corrected chi connectivity index (χ2v) is 2.45. The van der Waals surface area contributed by atoms with Gasteiger partial charge in [0.25, 0.3) is 5.69 Å². The van der Waals surface area contributed by atoms with Crippen molar-refractivity contribution >= 4 is 23.6 Å². The Bertz CT molecular complexity index is 337. The third kappa shape index (κ3) is 1.43. The van der Waals surface area contributed by atoms with Crippen LogP contribution < -0.4 is 0 Å². The maximum atomic E-state index is 10.4. The van der Waals surface area contributed by atoms with E-state index in [1.807, 2.05) is 0 Å². The molecule has 0 N–H and O–H groups in total. The summed E-state index contributed by atoms with van der Waals surface area (Å²) >= 11 is 5.54. The number of nitrogens with zero attached hydrogens (tertiary/aromatic N) is 1. The van der Waals surface area contributed by atoms with E-state index in [1.54, 1.807) is 0 Å². The largest absolute Gasteiger partial charge is 0.298 e. The van der Waals surface area contributed by atoms with Crippen molar-refractivity contribution in [2.24, 2.45) is 0 Å². The van der Waals surface area contributed by atoms with E-state index in [0.29, 0.717) is 6.29 Å². The van der Waals surface area contributed by atoms with E-state index in [9.17, 15) is 14.9 Å². The maximum absolute atomic E-state index is 10.4. The van der Waals surface area contributed by atoms with Crippen LogP contribution in [0.2, 0.25) is 5.02 Å². The number of rotatable bonds is 2. The molecule has 0 amide bonds. The van der Waals surface area contributed by atoms with E-state index in [0.717, 1.165) is 0 Å². The average molecular weight is 186 g/mol. The number of carbonyl (C=O) groups is 1. The van der Waals surface area contributed by atoms with Crippen molar-refractivity contribution < 1.29 is 9.72 Å². The summed E-state index contributed by atoms with van der Waals surface area (Å²) in [6.45, 7) is 0. The van der Waals surface area contributed by atoms with Crippen LogP contribution >= 0.6 is 11.6 Å². The van der Waals surface area contributed by atoms with E-state index in [-0.39, 0.29) is 16.3 Å². The lowest BCUT2D eigenvalue weighted by Crippen LogP contribution is -1.94. The van der Waals surface area contributed by atoms with Gasteiger partial charge in [-0.3, -0.25) is 14.9 Å². The van der Waals surface area contributed by atoms with Gasteiger partial charge in [0.15, 0.2) is 6.29 Å². The lowest BCUT2D eigenvalue weighted by molar-refractivity contribution is -0.385. The van der Waals surface area contributed by atoms with Crippen LogP contribution in [0, 0.1) is 10.1 Å². The van der Waals surface area contributed by atoms with Crippen molar-refractivity contribution in [1.29, 1.82) is 0 Å². The Morgan fingerprint density at radius 1 is 1.50 bits per heavy atom. The first-order valence-electron chi connectivity index (χ1n) is 3.05. The van der Waals surface area contributed by atoms with Gasteiger partial charge >= 0.3 is 0 Å². The standard InChI is InChI=1S/C7H4ClNO3/c8-6-2-1-3-7(9(11)12)5(6)4-10/h1-4H. The summed E-state index contributed by atoms with van der Waals surface area (Å²) in [6.07, 6.45) is 0.375. The molecule has 0 aliphatic carbocycles. The number of hydrogen-bond donors (Lipinski definition) is 0. The molecule has 0 aromatic heterocycles. The van der Waals surface area contributed by atoms with Crippen LogP contribution in [-0.2, 0) is 0 Å². The minimum Gasteiger partial charge on any atom is -0.298 e. The van der Waals surface area contributed by atoms with Crippen molar-refractivity contribution in [2.45, 2.75) is 0 Å². The molecule has 12 heavy (non-hydrogen) atoms. The van der Waals surface area contributed by atoms with Crippen molar-refractivity contribution in [3.63, 3.8) is 0 Å². The van der Waals surface area contributed by atoms with Gasteiger partial charge in [-0.05, 0) is 6.07 Å². The summed E-state index contributed by atoms with van der Waals surface area (Å²) in [5.41, 5.74) is -0.346. The van der Waals surface area contributed by atoms with Gasteiger partial charge in [-0.2, -0.15) is 0 Å². The van der Waals surface area contributed by atoms with Gasteiger partial charge in [0, 0.05) is 6.07 Å². The molecule has 0 atom stereocenters. The zero-order valence-corrected chi connectivity index (χ0v) is 6.62. The highest BCUT2D eigenvalue weighted by Crippen LogP contribution is 2.23. The monoisotopic (exact) mass is 185 g/mol. The van der Waals surface area contributed by atoms with Gasteiger partial charge in [0.2, 0.25) is 0 Å². The summed E-state index contributed by atoms with van der Waals surface area (Å²) in [6, 6.07) is 4.08. The number of benzene rings is 1. The molecular formula is C7H4ClNO3. The van der Waals surface area contributed by atoms with E-state index in [1.165, 1.54) is 18.2 Å². The van der Waals surface area contributed by atoms with Crippen molar-refractivity contribution in [3.8, 4) is 0 Å². The second-order valence-electron chi connectivity index (χ2n) is 2.05. The molecule has 5 heteroatoms. The van der Waals surface area contributed by atoms with Crippen molar-refractivity contribution in [3.05, 3.63) is 38.9 Å². The summed E-state index contributed by atoms with van der Waals surface area (Å²) < 4.78 is 0. The number of hydrogen-bond acceptors (Lipinski definition) is 3. The fraction of sp³-hybridized carbons (Fsp3) is 0. The van der Waals surface area contributed by atoms with Crippen molar-refractivity contribution in [2.75, 3.05) is 0 Å². The van der Waals surface area contributed by atoms with Gasteiger partial charge in [-0.15, -0.1) is 0 Å². The van der Waals surface area contributed by atoms with Gasteiger partial charge in [0.1, 0.15) is 5.56 Å². The molecule has 0 unspecified atom stereocenters. The molecule has 4 nitrogen and oxygen atoms in total. The van der Waals surface area contributed by atoms with Gasteiger partial charge in [0.05, 0.1) is 9.95 Å². The molecule has 0 radical (unpaired) electrons. The van der Waals surface area contributed by atoms with Crippen molar-refractivity contribution in [1.82, 2.24) is 0 Å². The first-order chi connectivity index (χ1) is 5.66. The first-order valence-corrected chi connectivity index (χ1v) is 3.42. The molecule has 1 aromatic rings. The molecule has 0 bridgehead atoms. The third-order valence-corrected chi connectivity index (χ3v) is 1.67. The Labute approximate surface area is 72.9 Å². The molecule has 0 aliphatic rings. The lowest BCUT2D eigenvalue weighted by atomic mass is 10.2. The van der Waals surface area contributed by atoms with Gasteiger partial charge < -0.3 is 0 Å². The Morgan fingerprint density at radius 3 is 2.58 bits per heavy atom. The predicted octanol–water partition coefficient (Wildman–Crippen LogP) is 2.06. The Kier molecular flexibility index (Phi) is 2.40. The van der Waals surface area contributed by atoms with Crippen LogP contribution in [-0.4, -0.2) is 11.2 Å². The number of carbonyl (C=O) groups excluding carboxylic acids is 1. The highest BCUT2D eigenvalue weighted by Gasteiger charge is 2.14. The Balaban J connectivity index is 3.37. The van der Waals surface area contributed by atoms with E-state index in [2.05, 4.69) is 0 Å². The van der Waals surface area contributed by atoms with Gasteiger partial charge in [-0.25, -0.2) is 0 Å². The molecule has 0 saturated carbocycles. The van der Waals surface area contributed by atoms with E-state index in [4.69, 9.17) is 11.6 Å². The normalized spacial score (nSPS) is 9.42. The van der Waals surface area contributed by atoms with Crippen LogP contribution in [0.1, 0.15) is 10.4 Å². The van der Waals surface area contributed by atoms with Crippen LogP contribution in [0.3, 0.4) is 0 Å². The van der Waals surface area contributed by atoms with Crippen LogP contribution in [0.5, 0.6) is 0 Å². The number of halogens is 1. The quantitative estimate of drug-likeness (QED) is 0.403. The van der Waals surface area contributed by atoms with Gasteiger partial charge in [-0.1, -0.05) is 17.7 Å². The molecule has 1 aromatic carbocycles. The highest BCUT2D eigenvalue weighted by atomic mass is 35.5. The van der Waals surface area contributed by atoms with Crippen LogP contribution in [0.4, 0.5) is 5.69 Å². The summed E-state index contributed by atoms with van der Waals surface area (Å²) in [4.78, 5) is 20.0. The minimum atomic E-state index is -0.643. The van der Waals surface area contributed by atoms with Crippen LogP contribution in [0.25, 0.3) is 0 Å². The molecule has 62 valence electrons. The highest BCUT2D eigenvalue weighted by molar-refractivity contribution is 6.33. The Hall–Kier alpha value is -1.42. The number of nitro groups is 1. The molecular weight excluding hydrogens is 182 g/mol. The van der Waals surface area contributed by atoms with E-state index >= 15 is 0 Å². The minimum absolute atomic E-state index is 0.0795. The SMILES string of the molecule is O=Cc1c(Cl)cccc1[N+](=O)[O-]. The predicted molar refractivity (Wildman–Crippen MR) is 43.5 cm³/mol. The van der Waals surface area contributed by atoms with E-state index < -0.39 is 4.92 Å².